The Balaban J connectivity index is 1.85. The Kier molecular flexibility index (Phi) is 7.53. The van der Waals surface area contributed by atoms with E-state index in [1.807, 2.05) is 0 Å². The second kappa shape index (κ2) is 10.1. The van der Waals surface area contributed by atoms with Gasteiger partial charge in [-0.05, 0) is 44.5 Å². The van der Waals surface area contributed by atoms with Crippen LogP contribution in [0.25, 0.3) is 0 Å². The lowest BCUT2D eigenvalue weighted by molar-refractivity contribution is -0.147. The van der Waals surface area contributed by atoms with Crippen molar-refractivity contribution in [2.24, 2.45) is 10.7 Å². The van der Waals surface area contributed by atoms with E-state index in [1.54, 1.807) is 50.0 Å². The molecule has 0 fully saturated rings. The van der Waals surface area contributed by atoms with Gasteiger partial charge in [-0.3, -0.25) is 4.99 Å². The maximum atomic E-state index is 11.9. The minimum atomic E-state index is -0.543. The summed E-state index contributed by atoms with van der Waals surface area (Å²) in [6.45, 7) is 9.14. The van der Waals surface area contributed by atoms with E-state index in [0.717, 1.165) is 11.1 Å². The number of aliphatic imine (C=N–C) groups is 1. The maximum absolute atomic E-state index is 11.9. The van der Waals surface area contributed by atoms with Crippen molar-refractivity contribution >= 4 is 12.2 Å². The number of carbonyl (C=O) groups excluding carboxylic acids is 1. The van der Waals surface area contributed by atoms with Gasteiger partial charge in [0.05, 0.1) is 12.7 Å². The van der Waals surface area contributed by atoms with E-state index in [4.69, 9.17) is 15.2 Å². The molecule has 0 saturated carbocycles. The molecule has 1 aromatic carbocycles. The van der Waals surface area contributed by atoms with Crippen LogP contribution in [0, 0.1) is 6.92 Å². The van der Waals surface area contributed by atoms with E-state index in [0.29, 0.717) is 29.4 Å². The first-order valence-electron chi connectivity index (χ1n) is 8.86. The average Bonchev–Trinajstić information content (AvgIpc) is 3.10. The number of carbonyl (C=O) groups is 1. The Morgan fingerprint density at radius 3 is 2.83 bits per heavy atom. The third-order valence-corrected chi connectivity index (χ3v) is 3.75. The fourth-order valence-corrected chi connectivity index (χ4v) is 2.24. The predicted molar refractivity (Wildman–Crippen MR) is 108 cm³/mol. The van der Waals surface area contributed by atoms with Crippen LogP contribution in [0.2, 0.25) is 0 Å². The van der Waals surface area contributed by atoms with E-state index >= 15 is 0 Å². The van der Waals surface area contributed by atoms with E-state index < -0.39 is 5.97 Å². The van der Waals surface area contributed by atoms with Crippen LogP contribution in [0.1, 0.15) is 25.1 Å². The number of phenols is 1. The Morgan fingerprint density at radius 1 is 1.41 bits per heavy atom. The third-order valence-electron chi connectivity index (χ3n) is 3.75. The number of nitrogens with zero attached hydrogens (tertiary/aromatic N) is 4. The summed E-state index contributed by atoms with van der Waals surface area (Å²) >= 11 is 0. The van der Waals surface area contributed by atoms with Gasteiger partial charge in [-0.1, -0.05) is 11.8 Å². The van der Waals surface area contributed by atoms with Crippen molar-refractivity contribution in [3.05, 3.63) is 59.2 Å². The van der Waals surface area contributed by atoms with Crippen molar-refractivity contribution in [2.45, 2.75) is 33.9 Å². The number of aromatic nitrogens is 3. The first kappa shape index (κ1) is 21.7. The second-order valence-electron chi connectivity index (χ2n) is 6.51. The lowest BCUT2D eigenvalue weighted by Gasteiger charge is -2.08. The number of phenolic OH excluding ortho intramolecular Hbond substituents is 1. The summed E-state index contributed by atoms with van der Waals surface area (Å²) in [5.41, 5.74) is 9.14. The van der Waals surface area contributed by atoms with Crippen molar-refractivity contribution < 1.29 is 19.4 Å². The van der Waals surface area contributed by atoms with Gasteiger partial charge in [0.25, 0.3) is 0 Å². The Labute approximate surface area is 169 Å². The van der Waals surface area contributed by atoms with Gasteiger partial charge in [0.1, 0.15) is 23.8 Å². The van der Waals surface area contributed by atoms with Gasteiger partial charge in [0, 0.05) is 23.2 Å². The highest BCUT2D eigenvalue weighted by Crippen LogP contribution is 2.22. The van der Waals surface area contributed by atoms with Crippen LogP contribution in [0.15, 0.2) is 52.9 Å². The molecule has 0 radical (unpaired) electrons. The Hall–Kier alpha value is -3.62. The average molecular weight is 399 g/mol. The topological polar surface area (TPSA) is 125 Å². The van der Waals surface area contributed by atoms with Gasteiger partial charge in [0.2, 0.25) is 0 Å². The molecule has 9 nitrogen and oxygen atoms in total. The first-order chi connectivity index (χ1) is 13.7. The largest absolute Gasteiger partial charge is 0.508 e. The molecule has 154 valence electrons. The molecule has 0 aliphatic rings. The van der Waals surface area contributed by atoms with E-state index in [9.17, 15) is 9.90 Å². The lowest BCUT2D eigenvalue weighted by atomic mass is 10.2. The van der Waals surface area contributed by atoms with Crippen molar-refractivity contribution in [1.82, 2.24) is 15.0 Å². The molecule has 3 N–H and O–H groups in total. The van der Waals surface area contributed by atoms with Crippen LogP contribution >= 0.6 is 0 Å². The minimum Gasteiger partial charge on any atom is -0.508 e. The summed E-state index contributed by atoms with van der Waals surface area (Å²) in [5.74, 6) is 0.0897. The summed E-state index contributed by atoms with van der Waals surface area (Å²) in [5, 5.41) is 17.4. The van der Waals surface area contributed by atoms with Crippen molar-refractivity contribution in [3.8, 4) is 11.5 Å². The van der Waals surface area contributed by atoms with Crippen LogP contribution in [-0.2, 0) is 22.7 Å². The molecule has 0 amide bonds. The molecule has 0 unspecified atom stereocenters. The molecule has 0 bridgehead atoms. The molecule has 29 heavy (non-hydrogen) atoms. The molecule has 0 saturated heterocycles. The van der Waals surface area contributed by atoms with E-state index in [2.05, 4.69) is 21.9 Å². The second-order valence-corrected chi connectivity index (χ2v) is 6.51. The molecule has 1 heterocycles. The number of hydrogen-bond donors (Lipinski definition) is 2. The monoisotopic (exact) mass is 399 g/mol. The van der Waals surface area contributed by atoms with Gasteiger partial charge < -0.3 is 20.3 Å². The molecule has 0 spiro atoms. The Bertz CT molecular complexity index is 942. The van der Waals surface area contributed by atoms with Crippen LogP contribution < -0.4 is 10.5 Å². The number of hydrogen-bond acceptors (Lipinski definition) is 8. The van der Waals surface area contributed by atoms with Gasteiger partial charge >= 0.3 is 5.97 Å². The Morgan fingerprint density at radius 2 is 2.17 bits per heavy atom. The van der Waals surface area contributed by atoms with Gasteiger partial charge in [-0.2, -0.15) is 0 Å². The predicted octanol–water partition coefficient (Wildman–Crippen LogP) is 2.25. The number of aromatic hydroxyl groups is 1. The highest BCUT2D eigenvalue weighted by atomic mass is 16.6. The molecule has 9 heteroatoms. The molecule has 2 aromatic rings. The number of allylic oxidation sites excluding steroid dienone is 3. The number of ether oxygens (including phenoxy) is 2. The van der Waals surface area contributed by atoms with Crippen LogP contribution in [0.3, 0.4) is 0 Å². The highest BCUT2D eigenvalue weighted by Gasteiger charge is 2.10. The molecule has 0 atom stereocenters. The number of nitrogens with two attached hydrogens (primary N) is 1. The molecule has 0 aliphatic heterocycles. The summed E-state index contributed by atoms with van der Waals surface area (Å²) < 4.78 is 12.1. The van der Waals surface area contributed by atoms with Gasteiger partial charge in [-0.15, -0.1) is 5.10 Å². The van der Waals surface area contributed by atoms with Crippen LogP contribution in [-0.4, -0.2) is 38.9 Å². The summed E-state index contributed by atoms with van der Waals surface area (Å²) in [4.78, 5) is 16.0. The van der Waals surface area contributed by atoms with Crippen molar-refractivity contribution in [2.75, 3.05) is 6.61 Å². The first-order valence-corrected chi connectivity index (χ1v) is 8.86. The standard InChI is InChI=1S/C20H25N5O4/c1-13(2)22-8-16(15(4)21)9-25-10-17(23-24-25)11-29-20(27)12-28-19-6-5-18(26)7-14(19)3/h5-8,10,26H,1,9,11-12,21H2,2-4H3/b16-15-,22-8?. The fraction of sp³-hybridized carbons (Fsp3) is 0.300. The number of aryl methyl sites for hydroxylation is 1. The summed E-state index contributed by atoms with van der Waals surface area (Å²) in [6.07, 6.45) is 3.30. The smallest absolute Gasteiger partial charge is 0.344 e. The number of rotatable bonds is 9. The molecule has 0 aliphatic carbocycles. The lowest BCUT2D eigenvalue weighted by Crippen LogP contribution is -2.15. The summed E-state index contributed by atoms with van der Waals surface area (Å²) in [6, 6.07) is 4.62. The van der Waals surface area contributed by atoms with E-state index in [1.165, 1.54) is 6.07 Å². The molecule has 1 aromatic heterocycles. The zero-order valence-corrected chi connectivity index (χ0v) is 16.8. The molecular formula is C20H25N5O4. The van der Waals surface area contributed by atoms with Crippen LogP contribution in [0.5, 0.6) is 11.5 Å². The zero-order chi connectivity index (χ0) is 21.4. The fourth-order valence-electron chi connectivity index (χ4n) is 2.24. The van der Waals surface area contributed by atoms with Gasteiger partial charge in [0.15, 0.2) is 6.61 Å². The highest BCUT2D eigenvalue weighted by molar-refractivity contribution is 5.80. The number of benzene rings is 1. The minimum absolute atomic E-state index is 0.0305. The molecular weight excluding hydrogens is 374 g/mol. The SMILES string of the molecule is C=C(C)N=C/C(Cn1cc(COC(=O)COc2ccc(O)cc2C)nn1)=C(\C)N. The van der Waals surface area contributed by atoms with Crippen LogP contribution in [0.4, 0.5) is 0 Å². The zero-order valence-electron chi connectivity index (χ0n) is 16.8. The third kappa shape index (κ3) is 7.13. The van der Waals surface area contributed by atoms with Crippen molar-refractivity contribution in [3.63, 3.8) is 0 Å². The maximum Gasteiger partial charge on any atom is 0.344 e. The molecule has 2 rings (SSSR count). The quantitative estimate of drug-likeness (QED) is 0.489. The van der Waals surface area contributed by atoms with Gasteiger partial charge in [-0.25, -0.2) is 9.48 Å². The van der Waals surface area contributed by atoms with Crippen molar-refractivity contribution in [1.29, 1.82) is 0 Å². The van der Waals surface area contributed by atoms with E-state index in [-0.39, 0.29) is 19.0 Å². The normalized spacial score (nSPS) is 12.0. The summed E-state index contributed by atoms with van der Waals surface area (Å²) in [7, 11) is 0. The number of esters is 1.